The highest BCUT2D eigenvalue weighted by Crippen LogP contribution is 2.29. The first-order valence-corrected chi connectivity index (χ1v) is 4.50. The van der Waals surface area contributed by atoms with Crippen LogP contribution >= 0.6 is 0 Å². The fourth-order valence-electron chi connectivity index (χ4n) is 1.18. The second-order valence-corrected chi connectivity index (χ2v) is 3.86. The second kappa shape index (κ2) is 4.44. The molecule has 5 nitrogen and oxygen atoms in total. The predicted octanol–water partition coefficient (Wildman–Crippen LogP) is 0.735. The van der Waals surface area contributed by atoms with E-state index < -0.39 is 29.4 Å². The molecular weight excluding hydrogens is 200 g/mol. The van der Waals surface area contributed by atoms with E-state index in [1.54, 1.807) is 0 Å². The van der Waals surface area contributed by atoms with Crippen LogP contribution in [0.1, 0.15) is 20.8 Å². The van der Waals surface area contributed by atoms with E-state index in [0.29, 0.717) is 0 Å². The zero-order chi connectivity index (χ0) is 12.4. The molecule has 0 saturated heterocycles. The van der Waals surface area contributed by atoms with Gasteiger partial charge in [0.05, 0.1) is 0 Å². The van der Waals surface area contributed by atoms with E-state index in [2.05, 4.69) is 6.58 Å². The largest absolute Gasteiger partial charge is 0.479 e. The average Bonchev–Trinajstić information content (AvgIpc) is 2.13. The molecule has 3 unspecified atom stereocenters. The number of hydrogen-bond donors (Lipinski definition) is 3. The summed E-state index contributed by atoms with van der Waals surface area (Å²) < 4.78 is 0. The quantitative estimate of drug-likeness (QED) is 0.589. The van der Waals surface area contributed by atoms with Gasteiger partial charge in [0.1, 0.15) is 0 Å². The Morgan fingerprint density at radius 3 is 1.93 bits per heavy atom. The number of carbonyl (C=O) groups is 2. The summed E-state index contributed by atoms with van der Waals surface area (Å²) in [5, 5.41) is 27.1. The minimum absolute atomic E-state index is 0.107. The molecule has 0 bridgehead atoms. The van der Waals surface area contributed by atoms with Gasteiger partial charge in [-0.2, -0.15) is 0 Å². The Bertz CT molecular complexity index is 292. The fraction of sp³-hybridized carbons (Fsp3) is 0.600. The Hall–Kier alpha value is -1.36. The molecule has 0 radical (unpaired) electrons. The Kier molecular flexibility index (Phi) is 4.04. The maximum absolute atomic E-state index is 10.7. The van der Waals surface area contributed by atoms with Gasteiger partial charge >= 0.3 is 11.9 Å². The van der Waals surface area contributed by atoms with Crippen LogP contribution in [-0.2, 0) is 9.59 Å². The van der Waals surface area contributed by atoms with Crippen LogP contribution in [0.2, 0.25) is 0 Å². The number of carboxylic acid groups (broad SMARTS) is 2. The van der Waals surface area contributed by atoms with Crippen molar-refractivity contribution in [3.8, 4) is 0 Å². The van der Waals surface area contributed by atoms with Crippen LogP contribution in [0.25, 0.3) is 0 Å². The van der Waals surface area contributed by atoms with Gasteiger partial charge in [0.2, 0.25) is 0 Å². The molecule has 0 rings (SSSR count). The molecule has 0 aromatic carbocycles. The summed E-state index contributed by atoms with van der Waals surface area (Å²) in [6, 6.07) is 0. The van der Waals surface area contributed by atoms with Crippen LogP contribution in [0.3, 0.4) is 0 Å². The fourth-order valence-corrected chi connectivity index (χ4v) is 1.18. The third kappa shape index (κ3) is 2.79. The minimum atomic E-state index is -1.96. The van der Waals surface area contributed by atoms with E-state index in [1.807, 2.05) is 0 Å². The molecule has 0 heterocycles. The molecular formula is C10H16O5. The molecule has 86 valence electrons. The zero-order valence-electron chi connectivity index (χ0n) is 9.02. The monoisotopic (exact) mass is 216 g/mol. The van der Waals surface area contributed by atoms with Crippen molar-refractivity contribution in [2.45, 2.75) is 26.4 Å². The lowest BCUT2D eigenvalue weighted by Crippen LogP contribution is -2.45. The highest BCUT2D eigenvalue weighted by molar-refractivity contribution is 5.86. The van der Waals surface area contributed by atoms with Crippen molar-refractivity contribution in [3.63, 3.8) is 0 Å². The molecule has 3 atom stereocenters. The van der Waals surface area contributed by atoms with Gasteiger partial charge in [-0.1, -0.05) is 20.4 Å². The minimum Gasteiger partial charge on any atom is -0.479 e. The Labute approximate surface area is 88.0 Å². The SMILES string of the molecule is C=C(C(=O)O)C(C)C(C)C(C)(O)C(=O)O. The first-order chi connectivity index (χ1) is 6.62. The van der Waals surface area contributed by atoms with Gasteiger partial charge in [-0.05, 0) is 12.8 Å². The lowest BCUT2D eigenvalue weighted by molar-refractivity contribution is -0.163. The molecule has 0 fully saturated rings. The topological polar surface area (TPSA) is 94.8 Å². The van der Waals surface area contributed by atoms with Crippen LogP contribution in [0.5, 0.6) is 0 Å². The summed E-state index contributed by atoms with van der Waals surface area (Å²) in [7, 11) is 0. The highest BCUT2D eigenvalue weighted by Gasteiger charge is 2.40. The summed E-state index contributed by atoms with van der Waals surface area (Å²) >= 11 is 0. The maximum atomic E-state index is 10.7. The molecule has 5 heteroatoms. The summed E-state index contributed by atoms with van der Waals surface area (Å²) in [5.41, 5.74) is -2.07. The average molecular weight is 216 g/mol. The van der Waals surface area contributed by atoms with Crippen molar-refractivity contribution in [3.05, 3.63) is 12.2 Å². The van der Waals surface area contributed by atoms with Crippen LogP contribution in [-0.4, -0.2) is 32.9 Å². The molecule has 0 aromatic rings. The van der Waals surface area contributed by atoms with E-state index in [-0.39, 0.29) is 5.57 Å². The molecule has 3 N–H and O–H groups in total. The smallest absolute Gasteiger partial charge is 0.335 e. The van der Waals surface area contributed by atoms with Gasteiger partial charge in [-0.15, -0.1) is 0 Å². The molecule has 0 spiro atoms. The summed E-state index contributed by atoms with van der Waals surface area (Å²) in [6.45, 7) is 7.49. The Morgan fingerprint density at radius 2 is 1.67 bits per heavy atom. The zero-order valence-corrected chi connectivity index (χ0v) is 9.02. The van der Waals surface area contributed by atoms with E-state index in [0.717, 1.165) is 6.92 Å². The summed E-state index contributed by atoms with van der Waals surface area (Å²) in [6.07, 6.45) is 0. The second-order valence-electron chi connectivity index (χ2n) is 3.86. The van der Waals surface area contributed by atoms with Gasteiger partial charge < -0.3 is 15.3 Å². The lowest BCUT2D eigenvalue weighted by atomic mass is 9.78. The number of rotatable bonds is 5. The normalized spacial score (nSPS) is 18.7. The van der Waals surface area contributed by atoms with E-state index in [1.165, 1.54) is 13.8 Å². The maximum Gasteiger partial charge on any atom is 0.335 e. The van der Waals surface area contributed by atoms with Crippen LogP contribution in [0, 0.1) is 11.8 Å². The summed E-state index contributed by atoms with van der Waals surface area (Å²) in [5.74, 6) is -3.91. The van der Waals surface area contributed by atoms with Crippen molar-refractivity contribution < 1.29 is 24.9 Å². The standard InChI is InChI=1S/C10H16O5/c1-5(6(2)8(11)12)7(3)10(4,15)9(13)14/h5,7,15H,2H2,1,3-4H3,(H,11,12)(H,13,14). The Morgan fingerprint density at radius 1 is 1.27 bits per heavy atom. The molecule has 0 saturated carbocycles. The summed E-state index contributed by atoms with van der Waals surface area (Å²) in [4.78, 5) is 21.3. The molecule has 0 amide bonds. The third-order valence-electron chi connectivity index (χ3n) is 2.89. The van der Waals surface area contributed by atoms with Crippen LogP contribution in [0.4, 0.5) is 0 Å². The molecule has 0 aliphatic rings. The molecule has 15 heavy (non-hydrogen) atoms. The molecule has 0 aromatic heterocycles. The van der Waals surface area contributed by atoms with Crippen molar-refractivity contribution >= 4 is 11.9 Å². The van der Waals surface area contributed by atoms with Crippen molar-refractivity contribution in [2.75, 3.05) is 0 Å². The number of carboxylic acids is 2. The number of aliphatic hydroxyl groups is 1. The first-order valence-electron chi connectivity index (χ1n) is 4.50. The Balaban J connectivity index is 4.86. The number of aliphatic carboxylic acids is 2. The third-order valence-corrected chi connectivity index (χ3v) is 2.89. The highest BCUT2D eigenvalue weighted by atomic mass is 16.4. The van der Waals surface area contributed by atoms with Crippen molar-refractivity contribution in [2.24, 2.45) is 11.8 Å². The first kappa shape index (κ1) is 13.6. The van der Waals surface area contributed by atoms with Gasteiger partial charge in [-0.3, -0.25) is 0 Å². The van der Waals surface area contributed by atoms with E-state index in [9.17, 15) is 14.7 Å². The molecule has 0 aliphatic heterocycles. The van der Waals surface area contributed by atoms with Gasteiger partial charge in [0, 0.05) is 11.5 Å². The lowest BCUT2D eigenvalue weighted by Gasteiger charge is -2.30. The van der Waals surface area contributed by atoms with Gasteiger partial charge in [0.25, 0.3) is 0 Å². The van der Waals surface area contributed by atoms with E-state index >= 15 is 0 Å². The van der Waals surface area contributed by atoms with Crippen molar-refractivity contribution in [1.82, 2.24) is 0 Å². The van der Waals surface area contributed by atoms with Crippen molar-refractivity contribution in [1.29, 1.82) is 0 Å². The van der Waals surface area contributed by atoms with Crippen LogP contribution < -0.4 is 0 Å². The number of hydrogen-bond acceptors (Lipinski definition) is 3. The van der Waals surface area contributed by atoms with E-state index in [4.69, 9.17) is 10.2 Å². The van der Waals surface area contributed by atoms with Gasteiger partial charge in [-0.25, -0.2) is 9.59 Å². The van der Waals surface area contributed by atoms with Gasteiger partial charge in [0.15, 0.2) is 5.60 Å². The predicted molar refractivity (Wildman–Crippen MR) is 53.4 cm³/mol. The molecule has 0 aliphatic carbocycles. The van der Waals surface area contributed by atoms with Crippen LogP contribution in [0.15, 0.2) is 12.2 Å².